The lowest BCUT2D eigenvalue weighted by atomic mass is 10.00. The number of likely N-dealkylation sites (tertiary alicyclic amines) is 1. The molecule has 1 aliphatic heterocycles. The molecule has 8 heteroatoms. The summed E-state index contributed by atoms with van der Waals surface area (Å²) < 4.78 is 10.7. The van der Waals surface area contributed by atoms with E-state index in [1.165, 1.54) is 25.7 Å². The highest BCUT2D eigenvalue weighted by atomic mass is 16.6. The highest BCUT2D eigenvalue weighted by Crippen LogP contribution is 2.25. The molecule has 1 rings (SSSR count). The van der Waals surface area contributed by atoms with Crippen LogP contribution in [0.4, 0.5) is 0 Å². The van der Waals surface area contributed by atoms with Gasteiger partial charge in [0.1, 0.15) is 6.04 Å². The maximum Gasteiger partial charge on any atom is 0.348 e. The van der Waals surface area contributed by atoms with E-state index in [1.807, 2.05) is 6.92 Å². The fourth-order valence-electron chi connectivity index (χ4n) is 4.24. The van der Waals surface area contributed by atoms with E-state index >= 15 is 0 Å². The third-order valence-corrected chi connectivity index (χ3v) is 6.39. The zero-order valence-electron chi connectivity index (χ0n) is 21.9. The second-order valence-corrected chi connectivity index (χ2v) is 10.2. The van der Waals surface area contributed by atoms with Crippen molar-refractivity contribution in [3.8, 4) is 0 Å². The molecule has 1 amide bonds. The Morgan fingerprint density at radius 1 is 0.882 bits per heavy atom. The number of carbonyl (C=O) groups excluding carboxylic acids is 3. The van der Waals surface area contributed by atoms with Gasteiger partial charge in [-0.3, -0.25) is 4.79 Å². The summed E-state index contributed by atoms with van der Waals surface area (Å²) in [6, 6.07) is -0.728. The minimum atomic E-state index is -1.32. The molecule has 1 unspecified atom stereocenters. The number of carbonyl (C=O) groups is 4. The van der Waals surface area contributed by atoms with Gasteiger partial charge in [-0.25, -0.2) is 14.4 Å². The van der Waals surface area contributed by atoms with E-state index in [-0.39, 0.29) is 11.8 Å². The number of rotatable bonds is 15. The number of ether oxygens (including phenoxy) is 2. The Morgan fingerprint density at radius 2 is 1.47 bits per heavy atom. The summed E-state index contributed by atoms with van der Waals surface area (Å²) in [6.07, 6.45) is 6.36. The molecular formula is C26H45NO7. The molecule has 0 radical (unpaired) electrons. The smallest absolute Gasteiger partial charge is 0.348 e. The molecule has 8 nitrogen and oxygen atoms in total. The van der Waals surface area contributed by atoms with Crippen molar-refractivity contribution in [3.05, 3.63) is 0 Å². The first-order valence-corrected chi connectivity index (χ1v) is 12.9. The van der Waals surface area contributed by atoms with Crippen LogP contribution in [0.15, 0.2) is 0 Å². The Kier molecular flexibility index (Phi) is 13.2. The van der Waals surface area contributed by atoms with Gasteiger partial charge in [0.25, 0.3) is 0 Å². The molecule has 0 aromatic rings. The third kappa shape index (κ3) is 9.26. The molecule has 0 spiro atoms. The van der Waals surface area contributed by atoms with Crippen molar-refractivity contribution >= 4 is 23.8 Å². The molecule has 1 fully saturated rings. The summed E-state index contributed by atoms with van der Waals surface area (Å²) in [6.45, 7) is 11.2. The van der Waals surface area contributed by atoms with Gasteiger partial charge in [-0.15, -0.1) is 0 Å². The Hall–Kier alpha value is -2.12. The SMILES string of the molecule is CCCCCCCC[C@H](C)C(=O)N1CCC[C@H]1C(=O)O[C@H](C(=O)OC(C(=O)O)C(C)C)C(C)C. The van der Waals surface area contributed by atoms with Crippen molar-refractivity contribution in [2.75, 3.05) is 6.54 Å². The number of nitrogens with zero attached hydrogens (tertiary/aromatic N) is 1. The van der Waals surface area contributed by atoms with Gasteiger partial charge in [0.15, 0.2) is 0 Å². The van der Waals surface area contributed by atoms with Crippen LogP contribution < -0.4 is 0 Å². The van der Waals surface area contributed by atoms with Crippen molar-refractivity contribution in [1.82, 2.24) is 4.90 Å². The lowest BCUT2D eigenvalue weighted by Crippen LogP contribution is -2.47. The van der Waals surface area contributed by atoms with Crippen LogP contribution in [-0.4, -0.2) is 58.6 Å². The summed E-state index contributed by atoms with van der Waals surface area (Å²) in [5.41, 5.74) is 0. The zero-order valence-corrected chi connectivity index (χ0v) is 21.9. The van der Waals surface area contributed by atoms with Gasteiger partial charge in [-0.1, -0.05) is 80.1 Å². The number of carboxylic acids is 1. The lowest BCUT2D eigenvalue weighted by Gasteiger charge is -2.29. The van der Waals surface area contributed by atoms with E-state index in [1.54, 1.807) is 32.6 Å². The molecule has 1 N–H and O–H groups in total. The monoisotopic (exact) mass is 483 g/mol. The molecule has 1 aliphatic rings. The third-order valence-electron chi connectivity index (χ3n) is 6.39. The number of amides is 1. The molecule has 1 heterocycles. The van der Waals surface area contributed by atoms with E-state index in [2.05, 4.69) is 6.92 Å². The van der Waals surface area contributed by atoms with E-state index in [9.17, 15) is 24.3 Å². The molecule has 1 saturated heterocycles. The summed E-state index contributed by atoms with van der Waals surface area (Å²) in [5, 5.41) is 9.30. The van der Waals surface area contributed by atoms with E-state index in [0.29, 0.717) is 19.4 Å². The Balaban J connectivity index is 2.72. The molecule has 0 aromatic heterocycles. The molecule has 196 valence electrons. The van der Waals surface area contributed by atoms with Gasteiger partial charge in [-0.05, 0) is 19.3 Å². The molecular weight excluding hydrogens is 438 g/mol. The van der Waals surface area contributed by atoms with Gasteiger partial charge in [0.05, 0.1) is 0 Å². The lowest BCUT2D eigenvalue weighted by molar-refractivity contribution is -0.183. The van der Waals surface area contributed by atoms with E-state index < -0.39 is 48.0 Å². The first kappa shape index (κ1) is 29.9. The van der Waals surface area contributed by atoms with Gasteiger partial charge in [0, 0.05) is 24.3 Å². The summed E-state index contributed by atoms with van der Waals surface area (Å²) in [4.78, 5) is 51.6. The minimum Gasteiger partial charge on any atom is -0.478 e. The predicted octanol–water partition coefficient (Wildman–Crippen LogP) is 4.58. The first-order valence-electron chi connectivity index (χ1n) is 12.9. The van der Waals surface area contributed by atoms with Crippen LogP contribution in [0.25, 0.3) is 0 Å². The van der Waals surface area contributed by atoms with Gasteiger partial charge in [-0.2, -0.15) is 0 Å². The topological polar surface area (TPSA) is 110 Å². The quantitative estimate of drug-likeness (QED) is 0.268. The second kappa shape index (κ2) is 15.0. The standard InChI is InChI=1S/C26H45NO7/c1-7-8-9-10-11-12-14-19(6)23(28)27-16-13-15-20(27)25(31)34-22(18(4)5)26(32)33-21(17(2)3)24(29)30/h17-22H,7-16H2,1-6H3,(H,29,30)/t19-,20-,21?,22-/m0/s1. The Labute approximate surface area is 204 Å². The average molecular weight is 484 g/mol. The van der Waals surface area contributed by atoms with Crippen molar-refractivity contribution in [2.45, 2.75) is 118 Å². The first-order chi connectivity index (χ1) is 16.0. The van der Waals surface area contributed by atoms with Crippen LogP contribution in [0.2, 0.25) is 0 Å². The Morgan fingerprint density at radius 3 is 2.03 bits per heavy atom. The summed E-state index contributed by atoms with van der Waals surface area (Å²) in [5.74, 6) is -3.82. The van der Waals surface area contributed by atoms with Crippen LogP contribution >= 0.6 is 0 Å². The number of unbranched alkanes of at least 4 members (excludes halogenated alkanes) is 5. The number of carboxylic acid groups (broad SMARTS) is 1. The molecule has 4 atom stereocenters. The summed E-state index contributed by atoms with van der Waals surface area (Å²) in [7, 11) is 0. The maximum atomic E-state index is 13.0. The van der Waals surface area contributed by atoms with E-state index in [4.69, 9.17) is 9.47 Å². The number of aliphatic carboxylic acids is 1. The molecule has 0 aromatic carbocycles. The molecule has 34 heavy (non-hydrogen) atoms. The van der Waals surface area contributed by atoms with Crippen molar-refractivity contribution in [2.24, 2.45) is 17.8 Å². The van der Waals surface area contributed by atoms with E-state index in [0.717, 1.165) is 19.3 Å². The predicted molar refractivity (Wildman–Crippen MR) is 129 cm³/mol. The van der Waals surface area contributed by atoms with Gasteiger partial charge >= 0.3 is 17.9 Å². The normalized spacial score (nSPS) is 18.6. The number of hydrogen-bond donors (Lipinski definition) is 1. The highest BCUT2D eigenvalue weighted by molar-refractivity contribution is 5.88. The van der Waals surface area contributed by atoms with Crippen LogP contribution in [0.1, 0.15) is 99.3 Å². The van der Waals surface area contributed by atoms with Crippen LogP contribution in [-0.2, 0) is 28.7 Å². The van der Waals surface area contributed by atoms with Crippen molar-refractivity contribution in [1.29, 1.82) is 0 Å². The molecule has 0 aliphatic carbocycles. The zero-order chi connectivity index (χ0) is 25.8. The van der Waals surface area contributed by atoms with Crippen molar-refractivity contribution in [3.63, 3.8) is 0 Å². The van der Waals surface area contributed by atoms with Crippen LogP contribution in [0.5, 0.6) is 0 Å². The minimum absolute atomic E-state index is 0.0533. The average Bonchev–Trinajstić information content (AvgIpc) is 3.26. The van der Waals surface area contributed by atoms with Crippen LogP contribution in [0.3, 0.4) is 0 Å². The molecule has 0 saturated carbocycles. The largest absolute Gasteiger partial charge is 0.478 e. The Bertz CT molecular complexity index is 676. The molecule has 0 bridgehead atoms. The fourth-order valence-corrected chi connectivity index (χ4v) is 4.24. The number of esters is 2. The fraction of sp³-hybridized carbons (Fsp3) is 0.846. The van der Waals surface area contributed by atoms with Crippen molar-refractivity contribution < 1.29 is 33.8 Å². The second-order valence-electron chi connectivity index (χ2n) is 10.2. The number of hydrogen-bond acceptors (Lipinski definition) is 6. The van der Waals surface area contributed by atoms with Crippen LogP contribution in [0, 0.1) is 17.8 Å². The summed E-state index contributed by atoms with van der Waals surface area (Å²) >= 11 is 0. The van der Waals surface area contributed by atoms with Gasteiger partial charge in [0.2, 0.25) is 18.1 Å². The maximum absolute atomic E-state index is 13.0. The highest BCUT2D eigenvalue weighted by Gasteiger charge is 2.40. The van der Waals surface area contributed by atoms with Gasteiger partial charge < -0.3 is 19.5 Å².